The molecule has 1 N–H and O–H groups in total. The lowest BCUT2D eigenvalue weighted by Crippen LogP contribution is -2.47. The number of hydrogen-bond acceptors (Lipinski definition) is 2. The summed E-state index contributed by atoms with van der Waals surface area (Å²) in [5.41, 5.74) is 0.781. The molecule has 1 aliphatic rings. The Kier molecular flexibility index (Phi) is 2.36. The zero-order chi connectivity index (χ0) is 11.3. The van der Waals surface area contributed by atoms with Crippen molar-refractivity contribution in [2.24, 2.45) is 0 Å². The standard InChI is InChI=1S/C11H14ClNOS/c1-10(2)11(3,5-9(14)13-10)7-4-8(12)15-6-7/h4,6H,5H2,1-3H3,(H,13,14). The molecule has 0 spiro atoms. The van der Waals surface area contributed by atoms with Gasteiger partial charge in [-0.15, -0.1) is 11.3 Å². The maximum atomic E-state index is 11.5. The summed E-state index contributed by atoms with van der Waals surface area (Å²) < 4.78 is 0.779. The van der Waals surface area contributed by atoms with Crippen molar-refractivity contribution in [2.75, 3.05) is 0 Å². The zero-order valence-electron chi connectivity index (χ0n) is 9.06. The number of carbonyl (C=O) groups excluding carboxylic acids is 1. The fraction of sp³-hybridized carbons (Fsp3) is 0.545. The van der Waals surface area contributed by atoms with Crippen LogP contribution in [0.3, 0.4) is 0 Å². The van der Waals surface area contributed by atoms with Gasteiger partial charge < -0.3 is 5.32 Å². The number of amides is 1. The maximum absolute atomic E-state index is 11.5. The number of hydrogen-bond donors (Lipinski definition) is 1. The molecule has 2 rings (SSSR count). The molecule has 1 fully saturated rings. The average Bonchev–Trinajstić information content (AvgIpc) is 2.56. The second kappa shape index (κ2) is 3.22. The van der Waals surface area contributed by atoms with Crippen molar-refractivity contribution < 1.29 is 4.79 Å². The van der Waals surface area contributed by atoms with E-state index in [0.29, 0.717) is 6.42 Å². The van der Waals surface area contributed by atoms with Gasteiger partial charge in [0.2, 0.25) is 5.91 Å². The van der Waals surface area contributed by atoms with Crippen LogP contribution < -0.4 is 5.32 Å². The Labute approximate surface area is 98.6 Å². The first-order valence-electron chi connectivity index (χ1n) is 4.91. The first kappa shape index (κ1) is 11.0. The minimum absolute atomic E-state index is 0.116. The van der Waals surface area contributed by atoms with Gasteiger partial charge in [-0.25, -0.2) is 0 Å². The molecule has 0 saturated carbocycles. The van der Waals surface area contributed by atoms with E-state index in [2.05, 4.69) is 26.1 Å². The lowest BCUT2D eigenvalue weighted by atomic mass is 9.70. The Morgan fingerprint density at radius 1 is 1.47 bits per heavy atom. The van der Waals surface area contributed by atoms with E-state index in [9.17, 15) is 4.79 Å². The van der Waals surface area contributed by atoms with Crippen LogP contribution >= 0.6 is 22.9 Å². The van der Waals surface area contributed by atoms with Crippen molar-refractivity contribution in [1.29, 1.82) is 0 Å². The summed E-state index contributed by atoms with van der Waals surface area (Å²) >= 11 is 7.46. The zero-order valence-corrected chi connectivity index (χ0v) is 10.6. The Morgan fingerprint density at radius 3 is 2.53 bits per heavy atom. The Hall–Kier alpha value is -0.540. The molecule has 1 unspecified atom stereocenters. The van der Waals surface area contributed by atoms with Crippen LogP contribution in [0.5, 0.6) is 0 Å². The second-order valence-corrected chi connectivity index (χ2v) is 6.36. The summed E-state index contributed by atoms with van der Waals surface area (Å²) in [5.74, 6) is 0.116. The molecule has 15 heavy (non-hydrogen) atoms. The van der Waals surface area contributed by atoms with Gasteiger partial charge in [0.05, 0.1) is 4.34 Å². The van der Waals surface area contributed by atoms with Gasteiger partial charge >= 0.3 is 0 Å². The topological polar surface area (TPSA) is 29.1 Å². The van der Waals surface area contributed by atoms with Crippen molar-refractivity contribution in [1.82, 2.24) is 5.32 Å². The molecule has 1 aliphatic heterocycles. The minimum atomic E-state index is -0.214. The summed E-state index contributed by atoms with van der Waals surface area (Å²) in [6.07, 6.45) is 0.535. The van der Waals surface area contributed by atoms with Crippen LogP contribution in [0.25, 0.3) is 0 Å². The molecule has 1 amide bonds. The molecule has 0 bridgehead atoms. The van der Waals surface area contributed by atoms with Crippen LogP contribution in [0.4, 0.5) is 0 Å². The average molecular weight is 244 g/mol. The molecule has 1 aromatic rings. The maximum Gasteiger partial charge on any atom is 0.221 e. The quantitative estimate of drug-likeness (QED) is 0.807. The Bertz CT molecular complexity index is 412. The smallest absolute Gasteiger partial charge is 0.221 e. The summed E-state index contributed by atoms with van der Waals surface area (Å²) in [6.45, 7) is 6.23. The molecule has 0 radical (unpaired) electrons. The van der Waals surface area contributed by atoms with Crippen LogP contribution in [0.15, 0.2) is 11.4 Å². The number of thiophene rings is 1. The summed E-state index contributed by atoms with van der Waals surface area (Å²) in [5, 5.41) is 5.06. The molecule has 0 aromatic carbocycles. The van der Waals surface area contributed by atoms with Crippen LogP contribution in [-0.4, -0.2) is 11.4 Å². The molecule has 1 aromatic heterocycles. The van der Waals surface area contributed by atoms with Crippen molar-refractivity contribution in [3.63, 3.8) is 0 Å². The van der Waals surface area contributed by atoms with Gasteiger partial charge in [0.25, 0.3) is 0 Å². The highest BCUT2D eigenvalue weighted by molar-refractivity contribution is 7.14. The van der Waals surface area contributed by atoms with Crippen molar-refractivity contribution in [2.45, 2.75) is 38.1 Å². The highest BCUT2D eigenvalue weighted by Crippen LogP contribution is 2.44. The molecule has 82 valence electrons. The van der Waals surface area contributed by atoms with Gasteiger partial charge in [0.1, 0.15) is 0 Å². The molecule has 1 saturated heterocycles. The third kappa shape index (κ3) is 1.58. The molecule has 0 aliphatic carbocycles. The van der Waals surface area contributed by atoms with E-state index >= 15 is 0 Å². The third-order valence-electron chi connectivity index (χ3n) is 3.55. The first-order valence-corrected chi connectivity index (χ1v) is 6.16. The highest BCUT2D eigenvalue weighted by Gasteiger charge is 2.50. The predicted octanol–water partition coefficient (Wildman–Crippen LogP) is 2.96. The molecule has 1 atom stereocenters. The fourth-order valence-corrected chi connectivity index (χ4v) is 3.15. The predicted molar refractivity (Wildman–Crippen MR) is 63.5 cm³/mol. The fourth-order valence-electron chi connectivity index (χ4n) is 2.14. The van der Waals surface area contributed by atoms with E-state index in [1.54, 1.807) is 0 Å². The monoisotopic (exact) mass is 243 g/mol. The second-order valence-electron chi connectivity index (χ2n) is 4.82. The largest absolute Gasteiger partial charge is 0.350 e. The number of carbonyl (C=O) groups is 1. The van der Waals surface area contributed by atoms with Crippen molar-refractivity contribution >= 4 is 28.8 Å². The summed E-state index contributed by atoms with van der Waals surface area (Å²) in [4.78, 5) is 11.5. The molecule has 4 heteroatoms. The Balaban J connectivity index is 2.46. The minimum Gasteiger partial charge on any atom is -0.350 e. The molecule has 2 nitrogen and oxygen atoms in total. The SMILES string of the molecule is CC1(C)NC(=O)CC1(C)c1csc(Cl)c1. The van der Waals surface area contributed by atoms with Gasteiger partial charge in [-0.1, -0.05) is 18.5 Å². The number of nitrogens with one attached hydrogen (secondary N) is 1. The summed E-state index contributed by atoms with van der Waals surface area (Å²) in [7, 11) is 0. The van der Waals surface area contributed by atoms with E-state index in [-0.39, 0.29) is 16.9 Å². The Morgan fingerprint density at radius 2 is 2.13 bits per heavy atom. The van der Waals surface area contributed by atoms with Crippen molar-refractivity contribution in [3.8, 4) is 0 Å². The van der Waals surface area contributed by atoms with Crippen LogP contribution in [0, 0.1) is 0 Å². The van der Waals surface area contributed by atoms with E-state index in [1.807, 2.05) is 11.4 Å². The lowest BCUT2D eigenvalue weighted by molar-refractivity contribution is -0.119. The molecule has 2 heterocycles. The van der Waals surface area contributed by atoms with E-state index in [0.717, 1.165) is 9.90 Å². The number of rotatable bonds is 1. The van der Waals surface area contributed by atoms with Gasteiger partial charge in [0, 0.05) is 17.4 Å². The highest BCUT2D eigenvalue weighted by atomic mass is 35.5. The van der Waals surface area contributed by atoms with Crippen LogP contribution in [0.2, 0.25) is 4.34 Å². The van der Waals surface area contributed by atoms with Gasteiger partial charge in [-0.05, 0) is 30.9 Å². The number of halogens is 1. The van der Waals surface area contributed by atoms with Gasteiger partial charge in [-0.2, -0.15) is 0 Å². The van der Waals surface area contributed by atoms with E-state index < -0.39 is 0 Å². The lowest BCUT2D eigenvalue weighted by Gasteiger charge is -2.36. The van der Waals surface area contributed by atoms with Gasteiger partial charge in [-0.3, -0.25) is 4.79 Å². The first-order chi connectivity index (χ1) is 6.85. The molecular weight excluding hydrogens is 230 g/mol. The third-order valence-corrected chi connectivity index (χ3v) is 4.64. The van der Waals surface area contributed by atoms with Gasteiger partial charge in [0.15, 0.2) is 0 Å². The normalized spacial score (nSPS) is 29.2. The van der Waals surface area contributed by atoms with E-state index in [1.165, 1.54) is 11.3 Å². The summed E-state index contributed by atoms with van der Waals surface area (Å²) in [6, 6.07) is 1.97. The molecular formula is C11H14ClNOS. The van der Waals surface area contributed by atoms with E-state index in [4.69, 9.17) is 11.6 Å². The van der Waals surface area contributed by atoms with Crippen molar-refractivity contribution in [3.05, 3.63) is 21.3 Å². The van der Waals surface area contributed by atoms with Crippen LogP contribution in [0.1, 0.15) is 32.8 Å². The van der Waals surface area contributed by atoms with Crippen LogP contribution in [-0.2, 0) is 10.2 Å².